The number of carboxylic acid groups (broad SMARTS) is 1. The molecule has 8 heteroatoms. The molecule has 34 heavy (non-hydrogen) atoms. The molecule has 0 aliphatic carbocycles. The third kappa shape index (κ3) is 6.64. The molecule has 4 atom stereocenters. The zero-order valence-corrected chi connectivity index (χ0v) is 19.9. The summed E-state index contributed by atoms with van der Waals surface area (Å²) in [6.07, 6.45) is -0.158. The van der Waals surface area contributed by atoms with Crippen LogP contribution in [0.3, 0.4) is 0 Å². The van der Waals surface area contributed by atoms with E-state index < -0.39 is 37.0 Å². The van der Waals surface area contributed by atoms with Crippen molar-refractivity contribution >= 4 is 19.2 Å². The highest BCUT2D eigenvalue weighted by Crippen LogP contribution is 2.52. The Morgan fingerprint density at radius 2 is 1.47 bits per heavy atom. The van der Waals surface area contributed by atoms with Crippen LogP contribution in [0.5, 0.6) is 0 Å². The highest BCUT2D eigenvalue weighted by molar-refractivity contribution is 7.58. The van der Waals surface area contributed by atoms with E-state index in [0.29, 0.717) is 5.56 Å². The van der Waals surface area contributed by atoms with Gasteiger partial charge in [-0.2, -0.15) is 0 Å². The van der Waals surface area contributed by atoms with Crippen LogP contribution in [0.2, 0.25) is 0 Å². The molecule has 0 radical (unpaired) electrons. The minimum absolute atomic E-state index is 0.173. The Labute approximate surface area is 199 Å². The molecule has 5 N–H and O–H groups in total. The zero-order valence-electron chi connectivity index (χ0n) is 19.0. The average molecular weight is 481 g/mol. The molecule has 0 aliphatic heterocycles. The van der Waals surface area contributed by atoms with E-state index in [1.807, 2.05) is 54.6 Å². The molecule has 7 nitrogen and oxygen atoms in total. The lowest BCUT2D eigenvalue weighted by molar-refractivity contribution is -0.397. The molecule has 0 fully saturated rings. The Hall–Kier alpha value is -3.25. The smallest absolute Gasteiger partial charge is 0.261 e. The molecular formula is C26H29N2O5P. The van der Waals surface area contributed by atoms with Crippen LogP contribution >= 0.6 is 7.37 Å². The van der Waals surface area contributed by atoms with Crippen LogP contribution in [-0.2, 0) is 20.6 Å². The third-order valence-electron chi connectivity index (χ3n) is 5.78. The molecule has 0 aromatic heterocycles. The van der Waals surface area contributed by atoms with E-state index in [2.05, 4.69) is 11.1 Å². The van der Waals surface area contributed by atoms with Gasteiger partial charge in [0.05, 0.1) is 17.9 Å². The van der Waals surface area contributed by atoms with E-state index >= 15 is 0 Å². The van der Waals surface area contributed by atoms with Crippen LogP contribution in [0.4, 0.5) is 0 Å². The second-order valence-electron chi connectivity index (χ2n) is 8.38. The van der Waals surface area contributed by atoms with E-state index in [1.165, 1.54) is 6.92 Å². The molecule has 3 aromatic carbocycles. The zero-order chi connectivity index (χ0) is 24.7. The van der Waals surface area contributed by atoms with E-state index in [1.54, 1.807) is 30.3 Å². The van der Waals surface area contributed by atoms with Gasteiger partial charge in [-0.1, -0.05) is 84.9 Å². The quantitative estimate of drug-likeness (QED) is 0.382. The minimum Gasteiger partial charge on any atom is -0.548 e. The number of carbonyl (C=O) groups is 2. The maximum atomic E-state index is 13.3. The molecule has 0 saturated heterocycles. The fraction of sp³-hybridized carbons (Fsp3) is 0.231. The predicted molar refractivity (Wildman–Crippen MR) is 128 cm³/mol. The molecule has 0 aliphatic rings. The highest BCUT2D eigenvalue weighted by Gasteiger charge is 2.38. The lowest BCUT2D eigenvalue weighted by Gasteiger charge is -2.24. The summed E-state index contributed by atoms with van der Waals surface area (Å²) in [6.45, 7) is 1.30. The highest BCUT2D eigenvalue weighted by atomic mass is 31.2. The summed E-state index contributed by atoms with van der Waals surface area (Å²) >= 11 is 0. The fourth-order valence-electron chi connectivity index (χ4n) is 3.73. The number of nitrogens with one attached hydrogen (secondary N) is 1. The Morgan fingerprint density at radius 3 is 2.03 bits per heavy atom. The molecule has 1 unspecified atom stereocenters. The summed E-state index contributed by atoms with van der Waals surface area (Å²) in [5, 5.41) is 13.5. The molecule has 1 amide bonds. The van der Waals surface area contributed by atoms with Gasteiger partial charge < -0.3 is 25.8 Å². The van der Waals surface area contributed by atoms with Gasteiger partial charge >= 0.3 is 0 Å². The number of quaternary nitrogens is 1. The van der Waals surface area contributed by atoms with Crippen molar-refractivity contribution in [1.82, 2.24) is 5.32 Å². The Kier molecular flexibility index (Phi) is 8.40. The van der Waals surface area contributed by atoms with Crippen molar-refractivity contribution in [2.75, 3.05) is 6.16 Å². The van der Waals surface area contributed by atoms with E-state index in [9.17, 15) is 24.2 Å². The number of hydrogen-bond acceptors (Lipinski definition) is 4. The molecular weight excluding hydrogens is 451 g/mol. The Bertz CT molecular complexity index is 1150. The molecule has 3 aromatic rings. The first-order chi connectivity index (χ1) is 16.2. The first kappa shape index (κ1) is 25.4. The van der Waals surface area contributed by atoms with Crippen molar-refractivity contribution in [2.45, 2.75) is 25.2 Å². The number of carbonyl (C=O) groups excluding carboxylic acids is 2. The molecule has 0 heterocycles. The number of amides is 1. The Balaban J connectivity index is 1.82. The van der Waals surface area contributed by atoms with Gasteiger partial charge in [0.1, 0.15) is 0 Å². The van der Waals surface area contributed by atoms with Gasteiger partial charge in [-0.15, -0.1) is 0 Å². The molecule has 0 saturated carbocycles. The van der Waals surface area contributed by atoms with Gasteiger partial charge in [-0.3, -0.25) is 9.36 Å². The van der Waals surface area contributed by atoms with Crippen molar-refractivity contribution in [3.8, 4) is 11.1 Å². The second kappa shape index (κ2) is 11.3. The van der Waals surface area contributed by atoms with Crippen molar-refractivity contribution in [3.63, 3.8) is 0 Å². The monoisotopic (exact) mass is 480 g/mol. The van der Waals surface area contributed by atoms with Gasteiger partial charge in [-0.05, 0) is 30.0 Å². The standard InChI is InChI=1S/C26H29N2O5P/c1-18(26(30)31)28-25(29)23(17-34(32,33)24(27)22-10-6-3-7-11-22)16-19-12-14-21(15-13-19)20-8-4-2-5-9-20/h2-15,18,23-24H,16-17,27H2,1H3,(H,28,29)(H,30,31)(H,32,33)/t18-,23-,24-/m0/s1. The molecule has 0 bridgehead atoms. The van der Waals surface area contributed by atoms with Crippen LogP contribution in [-0.4, -0.2) is 29.0 Å². The van der Waals surface area contributed by atoms with Gasteiger partial charge in [0, 0.05) is 11.7 Å². The number of benzene rings is 3. The summed E-state index contributed by atoms with van der Waals surface area (Å²) in [4.78, 5) is 34.9. The first-order valence-corrected chi connectivity index (χ1v) is 12.9. The lowest BCUT2D eigenvalue weighted by atomic mass is 9.97. The van der Waals surface area contributed by atoms with Gasteiger partial charge in [0.15, 0.2) is 5.78 Å². The second-order valence-corrected chi connectivity index (χ2v) is 10.9. The van der Waals surface area contributed by atoms with Gasteiger partial charge in [-0.25, -0.2) is 0 Å². The van der Waals surface area contributed by atoms with Crippen LogP contribution in [0, 0.1) is 5.92 Å². The summed E-state index contributed by atoms with van der Waals surface area (Å²) in [5.41, 5.74) is 7.33. The normalized spacial score (nSPS) is 15.5. The summed E-state index contributed by atoms with van der Waals surface area (Å²) in [6, 6.07) is 24.9. The topological polar surface area (TPSA) is 134 Å². The number of hydrogen-bond donors (Lipinski definition) is 3. The summed E-state index contributed by atoms with van der Waals surface area (Å²) < 4.78 is 13.3. The van der Waals surface area contributed by atoms with Crippen molar-refractivity contribution < 1.29 is 29.9 Å². The van der Waals surface area contributed by atoms with E-state index in [0.717, 1.165) is 16.7 Å². The predicted octanol–water partition coefficient (Wildman–Crippen LogP) is 1.98. The molecule has 0 spiro atoms. The summed E-state index contributed by atoms with van der Waals surface area (Å²) in [7, 11) is -3.91. The van der Waals surface area contributed by atoms with Crippen LogP contribution < -0.4 is 16.2 Å². The largest absolute Gasteiger partial charge is 0.548 e. The first-order valence-electron chi connectivity index (χ1n) is 11.0. The van der Waals surface area contributed by atoms with Gasteiger partial charge in [0.25, 0.3) is 7.37 Å². The molecule has 3 rings (SSSR count). The van der Waals surface area contributed by atoms with Crippen LogP contribution in [0.15, 0.2) is 84.9 Å². The van der Waals surface area contributed by atoms with E-state index in [4.69, 9.17) is 0 Å². The number of rotatable bonds is 10. The average Bonchev–Trinajstić information content (AvgIpc) is 2.84. The number of aliphatic carboxylic acids is 1. The third-order valence-corrected chi connectivity index (χ3v) is 8.02. The van der Waals surface area contributed by atoms with Crippen molar-refractivity contribution in [3.05, 3.63) is 96.1 Å². The maximum Gasteiger partial charge on any atom is 0.261 e. The van der Waals surface area contributed by atoms with Crippen LogP contribution in [0.1, 0.15) is 23.8 Å². The molecule has 178 valence electrons. The Morgan fingerprint density at radius 1 is 0.941 bits per heavy atom. The number of carboxylic acids is 1. The maximum absolute atomic E-state index is 13.3. The minimum atomic E-state index is -3.91. The SMILES string of the molecule is C[C@H](NC(=O)[C@@H](Cc1ccc(-c2ccccc2)cc1)CP(=O)(O)[C@H]([NH3+])c1ccccc1)C(=O)[O-]. The lowest BCUT2D eigenvalue weighted by Crippen LogP contribution is -2.54. The van der Waals surface area contributed by atoms with Crippen molar-refractivity contribution in [2.24, 2.45) is 5.92 Å². The van der Waals surface area contributed by atoms with E-state index in [-0.39, 0.29) is 12.6 Å². The van der Waals surface area contributed by atoms with Crippen molar-refractivity contribution in [1.29, 1.82) is 0 Å². The summed E-state index contributed by atoms with van der Waals surface area (Å²) in [5.74, 6) is -3.87. The van der Waals surface area contributed by atoms with Gasteiger partial charge in [0.2, 0.25) is 5.91 Å². The fourth-order valence-corrected chi connectivity index (χ4v) is 5.55. The van der Waals surface area contributed by atoms with Crippen LogP contribution in [0.25, 0.3) is 11.1 Å².